The molecule has 2 aromatic rings. The average molecular weight is 268 g/mol. The van der Waals surface area contributed by atoms with Crippen LogP contribution in [0.2, 0.25) is 5.15 Å². The van der Waals surface area contributed by atoms with Crippen molar-refractivity contribution in [3.05, 3.63) is 45.3 Å². The van der Waals surface area contributed by atoms with Crippen molar-refractivity contribution in [2.24, 2.45) is 5.10 Å². The lowest BCUT2D eigenvalue weighted by atomic mass is 10.5. The van der Waals surface area contributed by atoms with Gasteiger partial charge in [0.15, 0.2) is 16.7 Å². The summed E-state index contributed by atoms with van der Waals surface area (Å²) < 4.78 is 4.86. The van der Waals surface area contributed by atoms with E-state index in [9.17, 15) is 10.1 Å². The summed E-state index contributed by atoms with van der Waals surface area (Å²) in [4.78, 5) is 9.73. The Labute approximate surface area is 105 Å². The molecule has 92 valence electrons. The first-order chi connectivity index (χ1) is 8.65. The smallest absolute Gasteiger partial charge is 0.400 e. The van der Waals surface area contributed by atoms with Crippen LogP contribution in [0.25, 0.3) is 0 Å². The van der Waals surface area contributed by atoms with Crippen molar-refractivity contribution >= 4 is 29.5 Å². The number of furan rings is 1. The maximum atomic E-state index is 10.4. The number of nitrogens with zero attached hydrogens (tertiary/aromatic N) is 4. The van der Waals surface area contributed by atoms with Gasteiger partial charge in [-0.3, -0.25) is 15.5 Å². The fourth-order valence-electron chi connectivity index (χ4n) is 1.05. The van der Waals surface area contributed by atoms with Crippen molar-refractivity contribution in [1.82, 2.24) is 10.2 Å². The van der Waals surface area contributed by atoms with Gasteiger partial charge in [-0.25, -0.2) is 0 Å². The number of aromatic nitrogens is 2. The second-order valence-corrected chi connectivity index (χ2v) is 3.43. The molecule has 0 aromatic carbocycles. The second kappa shape index (κ2) is 5.23. The fourth-order valence-corrected chi connectivity index (χ4v) is 1.15. The summed E-state index contributed by atoms with van der Waals surface area (Å²) in [5, 5.41) is 21.7. The Morgan fingerprint density at radius 2 is 2.22 bits per heavy atom. The molecule has 0 aliphatic heterocycles. The van der Waals surface area contributed by atoms with Crippen molar-refractivity contribution in [2.45, 2.75) is 0 Å². The third kappa shape index (κ3) is 3.01. The molecule has 2 aromatic heterocycles. The standard InChI is InChI=1S/C9H6ClN5O3/c10-7-2-3-8(14-12-7)13-11-5-6-1-4-9(18-6)15(16)17/h1-5H,(H,13,14)/b11-5+. The zero-order valence-electron chi connectivity index (χ0n) is 8.78. The summed E-state index contributed by atoms with van der Waals surface area (Å²) in [6.45, 7) is 0. The summed E-state index contributed by atoms with van der Waals surface area (Å²) >= 11 is 5.56. The van der Waals surface area contributed by atoms with Crippen LogP contribution in [-0.2, 0) is 0 Å². The maximum absolute atomic E-state index is 10.4. The van der Waals surface area contributed by atoms with E-state index in [-0.39, 0.29) is 16.8 Å². The van der Waals surface area contributed by atoms with E-state index in [4.69, 9.17) is 16.0 Å². The summed E-state index contributed by atoms with van der Waals surface area (Å²) in [6.07, 6.45) is 1.28. The number of halogens is 1. The second-order valence-electron chi connectivity index (χ2n) is 3.04. The quantitative estimate of drug-likeness (QED) is 0.516. The summed E-state index contributed by atoms with van der Waals surface area (Å²) in [6, 6.07) is 5.79. The SMILES string of the molecule is O=[N+]([O-])c1ccc(/C=N/Nc2ccc(Cl)nn2)o1. The van der Waals surface area contributed by atoms with E-state index >= 15 is 0 Å². The average Bonchev–Trinajstić information content (AvgIpc) is 2.81. The molecule has 0 saturated carbocycles. The van der Waals surface area contributed by atoms with Crippen LogP contribution in [0.1, 0.15) is 5.76 Å². The van der Waals surface area contributed by atoms with Crippen LogP contribution < -0.4 is 5.43 Å². The minimum absolute atomic E-state index is 0.246. The summed E-state index contributed by atoms with van der Waals surface area (Å²) in [7, 11) is 0. The van der Waals surface area contributed by atoms with Gasteiger partial charge >= 0.3 is 5.88 Å². The molecule has 18 heavy (non-hydrogen) atoms. The Balaban J connectivity index is 1.98. The first-order valence-corrected chi connectivity index (χ1v) is 5.05. The van der Waals surface area contributed by atoms with E-state index < -0.39 is 4.92 Å². The van der Waals surface area contributed by atoms with Crippen LogP contribution in [0, 0.1) is 10.1 Å². The van der Waals surface area contributed by atoms with E-state index in [1.807, 2.05) is 0 Å². The zero-order chi connectivity index (χ0) is 13.0. The molecule has 8 nitrogen and oxygen atoms in total. The summed E-state index contributed by atoms with van der Waals surface area (Å²) in [5.74, 6) is 0.288. The van der Waals surface area contributed by atoms with Gasteiger partial charge in [-0.2, -0.15) is 5.10 Å². The Morgan fingerprint density at radius 3 is 2.83 bits per heavy atom. The third-order valence-electron chi connectivity index (χ3n) is 1.80. The van der Waals surface area contributed by atoms with Gasteiger partial charge < -0.3 is 4.42 Å². The Morgan fingerprint density at radius 1 is 1.39 bits per heavy atom. The molecular weight excluding hydrogens is 262 g/mol. The lowest BCUT2D eigenvalue weighted by molar-refractivity contribution is -0.402. The zero-order valence-corrected chi connectivity index (χ0v) is 9.53. The fraction of sp³-hybridized carbons (Fsp3) is 0. The van der Waals surface area contributed by atoms with Crippen LogP contribution >= 0.6 is 11.6 Å². The first kappa shape index (κ1) is 12.0. The predicted octanol–water partition coefficient (Wildman–Crippen LogP) is 2.08. The number of hydrogen-bond donors (Lipinski definition) is 1. The molecule has 0 aliphatic rings. The molecule has 0 saturated heterocycles. The van der Waals surface area contributed by atoms with E-state index in [0.717, 1.165) is 0 Å². The number of hydrazone groups is 1. The number of nitro groups is 1. The predicted molar refractivity (Wildman–Crippen MR) is 63.6 cm³/mol. The Kier molecular flexibility index (Phi) is 3.49. The molecule has 0 amide bonds. The lowest BCUT2D eigenvalue weighted by Crippen LogP contribution is -1.94. The monoisotopic (exact) mass is 267 g/mol. The van der Waals surface area contributed by atoms with Gasteiger partial charge in [0.1, 0.15) is 4.92 Å². The molecule has 9 heteroatoms. The highest BCUT2D eigenvalue weighted by atomic mass is 35.5. The largest absolute Gasteiger partial charge is 0.433 e. The number of rotatable bonds is 4. The molecule has 0 fully saturated rings. The molecule has 0 aliphatic carbocycles. The Bertz CT molecular complexity index is 580. The van der Waals surface area contributed by atoms with Crippen molar-refractivity contribution in [2.75, 3.05) is 5.43 Å². The van der Waals surface area contributed by atoms with Crippen LogP contribution in [-0.4, -0.2) is 21.3 Å². The lowest BCUT2D eigenvalue weighted by Gasteiger charge is -1.95. The van der Waals surface area contributed by atoms with Crippen molar-refractivity contribution in [1.29, 1.82) is 0 Å². The molecular formula is C9H6ClN5O3. The number of nitrogens with one attached hydrogen (secondary N) is 1. The summed E-state index contributed by atoms with van der Waals surface area (Å²) in [5.41, 5.74) is 2.57. The molecule has 1 N–H and O–H groups in total. The van der Waals surface area contributed by atoms with Crippen LogP contribution in [0.4, 0.5) is 11.7 Å². The minimum Gasteiger partial charge on any atom is -0.400 e. The third-order valence-corrected chi connectivity index (χ3v) is 2.00. The maximum Gasteiger partial charge on any atom is 0.433 e. The molecule has 2 rings (SSSR count). The highest BCUT2D eigenvalue weighted by molar-refractivity contribution is 6.29. The normalized spacial score (nSPS) is 10.7. The molecule has 0 bridgehead atoms. The van der Waals surface area contributed by atoms with Gasteiger partial charge in [0.05, 0.1) is 12.3 Å². The van der Waals surface area contributed by atoms with E-state index in [1.54, 1.807) is 12.1 Å². The van der Waals surface area contributed by atoms with Crippen LogP contribution in [0.3, 0.4) is 0 Å². The van der Waals surface area contributed by atoms with Gasteiger partial charge in [0, 0.05) is 0 Å². The van der Waals surface area contributed by atoms with E-state index in [1.165, 1.54) is 18.3 Å². The van der Waals surface area contributed by atoms with Gasteiger partial charge in [0.2, 0.25) is 0 Å². The number of hydrogen-bond acceptors (Lipinski definition) is 7. The van der Waals surface area contributed by atoms with Crippen molar-refractivity contribution < 1.29 is 9.34 Å². The minimum atomic E-state index is -0.630. The highest BCUT2D eigenvalue weighted by Gasteiger charge is 2.09. The van der Waals surface area contributed by atoms with Gasteiger partial charge in [-0.15, -0.1) is 10.2 Å². The van der Waals surface area contributed by atoms with Crippen LogP contribution in [0.5, 0.6) is 0 Å². The van der Waals surface area contributed by atoms with E-state index in [2.05, 4.69) is 20.7 Å². The highest BCUT2D eigenvalue weighted by Crippen LogP contribution is 2.14. The topological polar surface area (TPSA) is 106 Å². The van der Waals surface area contributed by atoms with Crippen LogP contribution in [0.15, 0.2) is 33.8 Å². The molecule has 2 heterocycles. The van der Waals surface area contributed by atoms with Gasteiger partial charge in [-0.05, 0) is 18.2 Å². The van der Waals surface area contributed by atoms with Crippen molar-refractivity contribution in [3.8, 4) is 0 Å². The molecule has 0 spiro atoms. The van der Waals surface area contributed by atoms with Gasteiger partial charge in [0.25, 0.3) is 0 Å². The molecule has 0 atom stereocenters. The number of anilines is 1. The van der Waals surface area contributed by atoms with E-state index in [0.29, 0.717) is 5.82 Å². The first-order valence-electron chi connectivity index (χ1n) is 4.68. The van der Waals surface area contributed by atoms with Crippen molar-refractivity contribution in [3.63, 3.8) is 0 Å². The molecule has 0 unspecified atom stereocenters. The molecule has 0 radical (unpaired) electrons. The Hall–Kier alpha value is -2.48. The van der Waals surface area contributed by atoms with Gasteiger partial charge in [-0.1, -0.05) is 11.6 Å².